The van der Waals surface area contributed by atoms with E-state index in [1.54, 1.807) is 6.33 Å². The third kappa shape index (κ3) is 4.97. The van der Waals surface area contributed by atoms with Crippen LogP contribution in [0.2, 0.25) is 0 Å². The summed E-state index contributed by atoms with van der Waals surface area (Å²) >= 11 is 0. The van der Waals surface area contributed by atoms with Gasteiger partial charge < -0.3 is 5.32 Å². The van der Waals surface area contributed by atoms with Crippen molar-refractivity contribution >= 4 is 0 Å². The summed E-state index contributed by atoms with van der Waals surface area (Å²) in [7, 11) is 2.01. The average molecular weight is 286 g/mol. The van der Waals surface area contributed by atoms with Crippen LogP contribution in [0.15, 0.2) is 36.7 Å². The maximum absolute atomic E-state index is 4.46. The second kappa shape index (κ2) is 7.93. The van der Waals surface area contributed by atoms with Crippen molar-refractivity contribution in [3.63, 3.8) is 0 Å². The van der Waals surface area contributed by atoms with Crippen LogP contribution in [0.1, 0.15) is 25.2 Å². The minimum absolute atomic E-state index is 0.535. The summed E-state index contributed by atoms with van der Waals surface area (Å²) in [6.07, 6.45) is 3.70. The average Bonchev–Trinajstić information content (AvgIpc) is 2.86. The van der Waals surface area contributed by atoms with Crippen molar-refractivity contribution < 1.29 is 0 Å². The molecular weight excluding hydrogens is 260 g/mol. The smallest absolute Gasteiger partial charge is 0.138 e. The molecular formula is C17H26N4. The predicted octanol–water partition coefficient (Wildman–Crippen LogP) is 2.55. The van der Waals surface area contributed by atoms with Crippen molar-refractivity contribution in [1.82, 2.24) is 20.1 Å². The van der Waals surface area contributed by atoms with Crippen LogP contribution in [0.3, 0.4) is 0 Å². The van der Waals surface area contributed by atoms with Crippen LogP contribution in [-0.2, 0) is 19.4 Å². The Kier molecular flexibility index (Phi) is 5.93. The molecule has 0 aliphatic rings. The molecule has 114 valence electrons. The van der Waals surface area contributed by atoms with Crippen LogP contribution >= 0.6 is 0 Å². The van der Waals surface area contributed by atoms with E-state index in [4.69, 9.17) is 0 Å². The van der Waals surface area contributed by atoms with E-state index < -0.39 is 0 Å². The third-order valence-electron chi connectivity index (χ3n) is 3.57. The summed E-state index contributed by atoms with van der Waals surface area (Å²) < 4.78 is 2.05. The number of rotatable bonds is 8. The number of nitrogens with one attached hydrogen (secondary N) is 1. The molecule has 0 radical (unpaired) electrons. The molecule has 1 N–H and O–H groups in total. The molecule has 0 bridgehead atoms. The maximum Gasteiger partial charge on any atom is 0.138 e. The molecule has 0 amide bonds. The fraction of sp³-hybridized carbons (Fsp3) is 0.529. The summed E-state index contributed by atoms with van der Waals surface area (Å²) in [5.41, 5.74) is 1.38. The molecule has 0 saturated carbocycles. The Balaban J connectivity index is 2.04. The highest BCUT2D eigenvalue weighted by atomic mass is 15.3. The van der Waals surface area contributed by atoms with Gasteiger partial charge in [0.25, 0.3) is 0 Å². The molecule has 0 spiro atoms. The standard InChI is InChI=1S/C17H26N4/c1-14(2)12-21-17(19-13-20-21)10-16(11-18-3)9-15-7-5-4-6-8-15/h4-8,13-14,16,18H,9-12H2,1-3H3. The van der Waals surface area contributed by atoms with Gasteiger partial charge in [0.05, 0.1) is 0 Å². The lowest BCUT2D eigenvalue weighted by atomic mass is 9.95. The van der Waals surface area contributed by atoms with Gasteiger partial charge in [-0.1, -0.05) is 44.2 Å². The Morgan fingerprint density at radius 1 is 1.14 bits per heavy atom. The molecule has 2 rings (SSSR count). The summed E-state index contributed by atoms with van der Waals surface area (Å²) in [5, 5.41) is 7.66. The van der Waals surface area contributed by atoms with Crippen LogP contribution in [0, 0.1) is 11.8 Å². The fourth-order valence-electron chi connectivity index (χ4n) is 2.66. The van der Waals surface area contributed by atoms with Gasteiger partial charge in [-0.15, -0.1) is 0 Å². The van der Waals surface area contributed by atoms with E-state index in [0.717, 1.165) is 31.8 Å². The Morgan fingerprint density at radius 3 is 2.57 bits per heavy atom. The number of hydrogen-bond acceptors (Lipinski definition) is 3. The van der Waals surface area contributed by atoms with Crippen LogP contribution in [0.25, 0.3) is 0 Å². The monoisotopic (exact) mass is 286 g/mol. The minimum atomic E-state index is 0.535. The zero-order chi connectivity index (χ0) is 15.1. The zero-order valence-electron chi connectivity index (χ0n) is 13.3. The van der Waals surface area contributed by atoms with Crippen LogP contribution in [0.4, 0.5) is 0 Å². The molecule has 1 atom stereocenters. The van der Waals surface area contributed by atoms with E-state index in [9.17, 15) is 0 Å². The van der Waals surface area contributed by atoms with Crippen molar-refractivity contribution in [2.45, 2.75) is 33.2 Å². The molecule has 4 nitrogen and oxygen atoms in total. The van der Waals surface area contributed by atoms with Gasteiger partial charge in [0.15, 0.2) is 0 Å². The molecule has 0 aliphatic heterocycles. The van der Waals surface area contributed by atoms with Gasteiger partial charge in [-0.25, -0.2) is 9.67 Å². The van der Waals surface area contributed by atoms with E-state index in [1.807, 2.05) is 7.05 Å². The number of hydrogen-bond donors (Lipinski definition) is 1. The molecule has 1 heterocycles. The van der Waals surface area contributed by atoms with Gasteiger partial charge in [0.2, 0.25) is 0 Å². The quantitative estimate of drug-likeness (QED) is 0.811. The van der Waals surface area contributed by atoms with Gasteiger partial charge in [0, 0.05) is 13.0 Å². The summed E-state index contributed by atoms with van der Waals surface area (Å²) in [5.74, 6) is 2.22. The molecule has 0 aliphatic carbocycles. The number of nitrogens with zero attached hydrogens (tertiary/aromatic N) is 3. The topological polar surface area (TPSA) is 42.7 Å². The SMILES string of the molecule is CNCC(Cc1ccccc1)Cc1ncnn1CC(C)C. The molecule has 0 fully saturated rings. The van der Waals surface area contributed by atoms with Crippen molar-refractivity contribution in [2.24, 2.45) is 11.8 Å². The normalized spacial score (nSPS) is 12.8. The van der Waals surface area contributed by atoms with Crippen molar-refractivity contribution in [1.29, 1.82) is 0 Å². The summed E-state index contributed by atoms with van der Waals surface area (Å²) in [6.45, 7) is 6.34. The first-order chi connectivity index (χ1) is 10.2. The molecule has 1 aromatic heterocycles. The molecule has 4 heteroatoms. The van der Waals surface area contributed by atoms with E-state index in [1.165, 1.54) is 5.56 Å². The lowest BCUT2D eigenvalue weighted by Gasteiger charge is -2.17. The van der Waals surface area contributed by atoms with E-state index in [2.05, 4.69) is 64.3 Å². The Hall–Kier alpha value is -1.68. The largest absolute Gasteiger partial charge is 0.319 e. The Labute approximate surface area is 127 Å². The highest BCUT2D eigenvalue weighted by molar-refractivity contribution is 5.15. The van der Waals surface area contributed by atoms with Crippen LogP contribution in [-0.4, -0.2) is 28.4 Å². The second-order valence-corrected chi connectivity index (χ2v) is 6.07. The van der Waals surface area contributed by atoms with Gasteiger partial charge in [0.1, 0.15) is 12.2 Å². The van der Waals surface area contributed by atoms with Crippen molar-refractivity contribution in [2.75, 3.05) is 13.6 Å². The van der Waals surface area contributed by atoms with Crippen molar-refractivity contribution in [3.8, 4) is 0 Å². The highest BCUT2D eigenvalue weighted by Gasteiger charge is 2.14. The number of aromatic nitrogens is 3. The van der Waals surface area contributed by atoms with Gasteiger partial charge >= 0.3 is 0 Å². The second-order valence-electron chi connectivity index (χ2n) is 6.07. The summed E-state index contributed by atoms with van der Waals surface area (Å²) in [4.78, 5) is 4.46. The molecule has 21 heavy (non-hydrogen) atoms. The lowest BCUT2D eigenvalue weighted by molar-refractivity contribution is 0.428. The van der Waals surface area contributed by atoms with Crippen molar-refractivity contribution in [3.05, 3.63) is 48.0 Å². The zero-order valence-corrected chi connectivity index (χ0v) is 13.3. The van der Waals surface area contributed by atoms with E-state index in [0.29, 0.717) is 11.8 Å². The lowest BCUT2D eigenvalue weighted by Crippen LogP contribution is -2.24. The maximum atomic E-state index is 4.46. The van der Waals surface area contributed by atoms with Gasteiger partial charge in [-0.3, -0.25) is 0 Å². The molecule has 1 aromatic carbocycles. The minimum Gasteiger partial charge on any atom is -0.319 e. The first-order valence-corrected chi connectivity index (χ1v) is 7.74. The summed E-state index contributed by atoms with van der Waals surface area (Å²) in [6, 6.07) is 10.7. The van der Waals surface area contributed by atoms with E-state index >= 15 is 0 Å². The first-order valence-electron chi connectivity index (χ1n) is 7.74. The first kappa shape index (κ1) is 15.7. The fourth-order valence-corrected chi connectivity index (χ4v) is 2.66. The Bertz CT molecular complexity index is 519. The number of benzene rings is 1. The predicted molar refractivity (Wildman–Crippen MR) is 86.1 cm³/mol. The van der Waals surface area contributed by atoms with Gasteiger partial charge in [-0.05, 0) is 37.4 Å². The Morgan fingerprint density at radius 2 is 1.90 bits per heavy atom. The molecule has 0 saturated heterocycles. The third-order valence-corrected chi connectivity index (χ3v) is 3.57. The molecule has 1 unspecified atom stereocenters. The van der Waals surface area contributed by atoms with Crippen LogP contribution < -0.4 is 5.32 Å². The van der Waals surface area contributed by atoms with Gasteiger partial charge in [-0.2, -0.15) is 5.10 Å². The van der Waals surface area contributed by atoms with E-state index in [-0.39, 0.29) is 0 Å². The highest BCUT2D eigenvalue weighted by Crippen LogP contribution is 2.14. The molecule has 2 aromatic rings. The van der Waals surface area contributed by atoms with Crippen LogP contribution in [0.5, 0.6) is 0 Å².